The van der Waals surface area contributed by atoms with Crippen LogP contribution in [0.25, 0.3) is 117 Å². The van der Waals surface area contributed by atoms with E-state index in [1.807, 2.05) is 42.5 Å². The molecule has 5 heterocycles. The van der Waals surface area contributed by atoms with Crippen LogP contribution in [0.2, 0.25) is 0 Å². The van der Waals surface area contributed by atoms with Gasteiger partial charge in [-0.05, 0) is 65.7 Å². The van der Waals surface area contributed by atoms with Crippen LogP contribution in [0.4, 0.5) is 0 Å². The van der Waals surface area contributed by atoms with Crippen molar-refractivity contribution in [2.75, 3.05) is 0 Å². The summed E-state index contributed by atoms with van der Waals surface area (Å²) in [5.74, 6) is 1.72. The fraction of sp³-hybridized carbons (Fsp3) is 0. The molecule has 7 heteroatoms. The van der Waals surface area contributed by atoms with Crippen molar-refractivity contribution in [3.05, 3.63) is 176 Å². The maximum Gasteiger partial charge on any atom is 0.164 e. The Morgan fingerprint density at radius 2 is 0.982 bits per heavy atom. The Balaban J connectivity index is 1.02. The van der Waals surface area contributed by atoms with Crippen molar-refractivity contribution in [2.24, 2.45) is 0 Å². The highest BCUT2D eigenvalue weighted by Gasteiger charge is 2.18. The van der Waals surface area contributed by atoms with E-state index in [0.717, 1.165) is 88.4 Å². The van der Waals surface area contributed by atoms with Crippen LogP contribution in [0.15, 0.2) is 185 Å². The van der Waals surface area contributed by atoms with Crippen LogP contribution in [-0.2, 0) is 0 Å². The molecule has 0 radical (unpaired) electrons. The molecule has 57 heavy (non-hydrogen) atoms. The second-order valence-electron chi connectivity index (χ2n) is 14.3. The standard InChI is InChI=1S/C50H29N5O2/c1-4-15-41-36(11-1)37-12-2-5-16-42(37)55(41)34-10-7-9-32(27-34)49-52-48(53-50(54-49)33-23-24-39-38-13-3-6-17-43(38)56-45(39)28-33)31-21-19-30(20-22-31)35-14-8-18-44-47(35)40-25-26-51-29-46(40)57-44/h1-29H. The van der Waals surface area contributed by atoms with Crippen LogP contribution in [0.1, 0.15) is 0 Å². The molecule has 5 aromatic heterocycles. The predicted octanol–water partition coefficient (Wildman–Crippen LogP) is 12.8. The van der Waals surface area contributed by atoms with Gasteiger partial charge >= 0.3 is 0 Å². The number of furan rings is 2. The largest absolute Gasteiger partial charge is 0.456 e. The quantitative estimate of drug-likeness (QED) is 0.175. The van der Waals surface area contributed by atoms with E-state index in [-0.39, 0.29) is 0 Å². The average molecular weight is 732 g/mol. The summed E-state index contributed by atoms with van der Waals surface area (Å²) >= 11 is 0. The van der Waals surface area contributed by atoms with E-state index in [4.69, 9.17) is 23.8 Å². The second-order valence-corrected chi connectivity index (χ2v) is 14.3. The van der Waals surface area contributed by atoms with E-state index in [9.17, 15) is 0 Å². The summed E-state index contributed by atoms with van der Waals surface area (Å²) in [6.07, 6.45) is 3.57. The molecule has 0 spiro atoms. The minimum atomic E-state index is 0.562. The highest BCUT2D eigenvalue weighted by molar-refractivity contribution is 6.12. The third kappa shape index (κ3) is 4.99. The molecular weight excluding hydrogens is 703 g/mol. The first-order valence-corrected chi connectivity index (χ1v) is 18.9. The van der Waals surface area contributed by atoms with E-state index >= 15 is 0 Å². The number of hydrogen-bond acceptors (Lipinski definition) is 6. The molecule has 0 saturated heterocycles. The van der Waals surface area contributed by atoms with Gasteiger partial charge in [0.15, 0.2) is 23.1 Å². The maximum absolute atomic E-state index is 6.29. The van der Waals surface area contributed by atoms with Crippen LogP contribution < -0.4 is 0 Å². The maximum atomic E-state index is 6.29. The van der Waals surface area contributed by atoms with Crippen molar-refractivity contribution < 1.29 is 8.83 Å². The Kier molecular flexibility index (Phi) is 6.79. The highest BCUT2D eigenvalue weighted by atomic mass is 16.3. The first kappa shape index (κ1) is 31.5. The first-order chi connectivity index (χ1) is 28.2. The molecule has 0 fully saturated rings. The van der Waals surface area contributed by atoms with E-state index in [2.05, 4.69) is 131 Å². The first-order valence-electron chi connectivity index (χ1n) is 18.9. The number of fused-ring (bicyclic) bond motifs is 9. The predicted molar refractivity (Wildman–Crippen MR) is 228 cm³/mol. The molecule has 0 N–H and O–H groups in total. The summed E-state index contributed by atoms with van der Waals surface area (Å²) in [4.78, 5) is 19.7. The lowest BCUT2D eigenvalue weighted by molar-refractivity contribution is 0.667. The van der Waals surface area contributed by atoms with Crippen LogP contribution in [0.5, 0.6) is 0 Å². The molecule has 12 aromatic rings. The lowest BCUT2D eigenvalue weighted by Crippen LogP contribution is -2.01. The summed E-state index contributed by atoms with van der Waals surface area (Å²) in [7, 11) is 0. The Morgan fingerprint density at radius 1 is 0.386 bits per heavy atom. The van der Waals surface area contributed by atoms with Crippen molar-refractivity contribution in [3.63, 3.8) is 0 Å². The Labute approximate surface area is 325 Å². The van der Waals surface area contributed by atoms with E-state index in [0.29, 0.717) is 17.5 Å². The molecule has 0 aliphatic heterocycles. The molecule has 266 valence electrons. The molecule has 0 aliphatic carbocycles. The third-order valence-corrected chi connectivity index (χ3v) is 11.0. The van der Waals surface area contributed by atoms with Gasteiger partial charge in [0.1, 0.15) is 16.7 Å². The van der Waals surface area contributed by atoms with E-state index in [1.165, 1.54) is 10.8 Å². The van der Waals surface area contributed by atoms with Crippen LogP contribution in [0, 0.1) is 0 Å². The van der Waals surface area contributed by atoms with Crippen LogP contribution >= 0.6 is 0 Å². The fourth-order valence-corrected chi connectivity index (χ4v) is 8.33. The number of benzene rings is 7. The smallest absolute Gasteiger partial charge is 0.164 e. The zero-order valence-corrected chi connectivity index (χ0v) is 30.3. The fourth-order valence-electron chi connectivity index (χ4n) is 8.33. The number of nitrogens with zero attached hydrogens (tertiary/aromatic N) is 5. The van der Waals surface area contributed by atoms with Crippen LogP contribution in [-0.4, -0.2) is 24.5 Å². The lowest BCUT2D eigenvalue weighted by atomic mass is 9.98. The van der Waals surface area contributed by atoms with E-state index in [1.54, 1.807) is 12.4 Å². The minimum absolute atomic E-state index is 0.562. The monoisotopic (exact) mass is 731 g/mol. The van der Waals surface area contributed by atoms with Crippen LogP contribution in [0.3, 0.4) is 0 Å². The SMILES string of the molecule is c1cc(-c2nc(-c3ccc(-c4cccc5oc6cnccc6c45)cc3)nc(-c3ccc4c(c3)oc3ccccc34)n2)cc(-n2c3ccccc3c3ccccc32)c1. The van der Waals surface area contributed by atoms with Crippen molar-refractivity contribution in [1.82, 2.24) is 24.5 Å². The summed E-state index contributed by atoms with van der Waals surface area (Å²) in [5.41, 5.74) is 11.3. The Bertz CT molecular complexity index is 3490. The van der Waals surface area contributed by atoms with Gasteiger partial charge in [-0.2, -0.15) is 0 Å². The molecule has 0 saturated carbocycles. The molecule has 0 atom stereocenters. The van der Waals surface area contributed by atoms with Gasteiger partial charge in [0.25, 0.3) is 0 Å². The molecule has 0 amide bonds. The van der Waals surface area contributed by atoms with Gasteiger partial charge in [-0.25, -0.2) is 15.0 Å². The number of hydrogen-bond donors (Lipinski definition) is 0. The molecule has 0 bridgehead atoms. The average Bonchev–Trinajstić information content (AvgIpc) is 3.96. The Hall–Kier alpha value is -7.90. The molecular formula is C50H29N5O2. The number of rotatable bonds is 5. The minimum Gasteiger partial charge on any atom is -0.456 e. The zero-order valence-electron chi connectivity index (χ0n) is 30.3. The van der Waals surface area contributed by atoms with E-state index < -0.39 is 0 Å². The Morgan fingerprint density at radius 3 is 1.77 bits per heavy atom. The highest BCUT2D eigenvalue weighted by Crippen LogP contribution is 2.38. The second kappa shape index (κ2) is 12.3. The topological polar surface area (TPSA) is 82.8 Å². The van der Waals surface area contributed by atoms with Gasteiger partial charge in [-0.3, -0.25) is 4.98 Å². The van der Waals surface area contributed by atoms with Gasteiger partial charge in [-0.15, -0.1) is 0 Å². The number of aromatic nitrogens is 5. The third-order valence-electron chi connectivity index (χ3n) is 11.0. The van der Waals surface area contributed by atoms with Gasteiger partial charge in [0.05, 0.1) is 17.2 Å². The molecule has 0 unspecified atom stereocenters. The molecule has 7 aromatic carbocycles. The lowest BCUT2D eigenvalue weighted by Gasteiger charge is -2.12. The summed E-state index contributed by atoms with van der Waals surface area (Å²) in [6, 6.07) is 56.4. The molecule has 7 nitrogen and oxygen atoms in total. The molecule has 0 aliphatic rings. The number of para-hydroxylation sites is 3. The van der Waals surface area contributed by atoms with Gasteiger partial charge in [0.2, 0.25) is 0 Å². The van der Waals surface area contributed by atoms with Crippen molar-refractivity contribution in [2.45, 2.75) is 0 Å². The van der Waals surface area contributed by atoms with Crippen molar-refractivity contribution >= 4 is 65.7 Å². The van der Waals surface area contributed by atoms with Gasteiger partial charge in [0, 0.05) is 60.9 Å². The summed E-state index contributed by atoms with van der Waals surface area (Å²) in [5, 5.41) is 6.65. The summed E-state index contributed by atoms with van der Waals surface area (Å²) in [6.45, 7) is 0. The van der Waals surface area contributed by atoms with Gasteiger partial charge in [-0.1, -0.05) is 109 Å². The van der Waals surface area contributed by atoms with Gasteiger partial charge < -0.3 is 13.4 Å². The van der Waals surface area contributed by atoms with Crippen molar-refractivity contribution in [1.29, 1.82) is 0 Å². The molecule has 12 rings (SSSR count). The van der Waals surface area contributed by atoms with Crippen molar-refractivity contribution in [3.8, 4) is 51.0 Å². The zero-order chi connectivity index (χ0) is 37.5. The normalized spacial score (nSPS) is 11.9. The number of pyridine rings is 1. The summed E-state index contributed by atoms with van der Waals surface area (Å²) < 4.78 is 14.7.